The van der Waals surface area contributed by atoms with E-state index in [-0.39, 0.29) is 19.8 Å². The van der Waals surface area contributed by atoms with Crippen LogP contribution in [0.1, 0.15) is 30.2 Å². The van der Waals surface area contributed by atoms with Gasteiger partial charge in [0.15, 0.2) is 18.4 Å². The number of phosphoric ester groups is 1. The van der Waals surface area contributed by atoms with Crippen LogP contribution in [0.2, 0.25) is 0 Å². The summed E-state index contributed by atoms with van der Waals surface area (Å²) in [4.78, 5) is 90.6. The molecule has 0 bridgehead atoms. The molecule has 2 aromatic carbocycles. The largest absolute Gasteiger partial charge is 0.756 e. The summed E-state index contributed by atoms with van der Waals surface area (Å²) in [5.41, 5.74) is -0.538. The zero-order valence-corrected chi connectivity index (χ0v) is 30.0. The van der Waals surface area contributed by atoms with Crippen LogP contribution in [0.15, 0.2) is 82.5 Å². The molecule has 3 aromatic rings. The molecule has 1 aromatic heterocycles. The van der Waals surface area contributed by atoms with Gasteiger partial charge in [-0.25, -0.2) is 4.79 Å². The van der Waals surface area contributed by atoms with E-state index in [0.29, 0.717) is 22.2 Å². The molecule has 0 radical (unpaired) electrons. The lowest BCUT2D eigenvalue weighted by atomic mass is 10.1. The number of nitrogens with one attached hydrogen (secondary N) is 1. The average molecular weight is 762 g/mol. The van der Waals surface area contributed by atoms with Crippen LogP contribution in [0.4, 0.5) is 0 Å². The van der Waals surface area contributed by atoms with Crippen molar-refractivity contribution in [2.75, 3.05) is 40.9 Å². The molecule has 18 nitrogen and oxygen atoms in total. The number of H-pyrrole nitrogens is 1. The minimum atomic E-state index is -5.00. The van der Waals surface area contributed by atoms with Gasteiger partial charge < -0.3 is 42.1 Å². The number of carbonyl (C=O) groups excluding carboxylic acids is 4. The number of carbonyl (C=O) groups is 4. The third-order valence-corrected chi connectivity index (χ3v) is 8.38. The van der Waals surface area contributed by atoms with Gasteiger partial charge in [-0.05, 0) is 11.1 Å². The zero-order chi connectivity index (χ0) is 38.6. The highest BCUT2D eigenvalue weighted by atomic mass is 31.2. The fourth-order valence-corrected chi connectivity index (χ4v) is 5.50. The lowest BCUT2D eigenvalue weighted by Gasteiger charge is -2.28. The Morgan fingerprint density at radius 1 is 0.792 bits per heavy atom. The van der Waals surface area contributed by atoms with E-state index >= 15 is 0 Å². The average Bonchev–Trinajstić information content (AvgIpc) is 3.41. The highest BCUT2D eigenvalue weighted by Gasteiger charge is 2.51. The summed E-state index contributed by atoms with van der Waals surface area (Å²) in [6.07, 6.45) is -7.64. The molecule has 5 unspecified atom stereocenters. The number of phosphoric acid groups is 1. The standard InChI is InChI=1S/C34H40N3O15P/c1-37(2,3)16-17-48-53(44,45)49-22-25-31(51-29(41)18-27(39)46-20-23-10-6-4-7-11-23)32(33(50-25)36-15-14-26(38)35-34(36)43)52-30(42)19-28(40)47-21-24-12-8-5-9-13-24/h4-15,25,31-33H,16-22H2,1-3H3,(H-,35,38,43,44,45). The third kappa shape index (κ3) is 13.5. The van der Waals surface area contributed by atoms with Gasteiger partial charge in [-0.3, -0.25) is 38.1 Å². The van der Waals surface area contributed by atoms with Gasteiger partial charge in [0.25, 0.3) is 13.4 Å². The second kappa shape index (κ2) is 18.7. The summed E-state index contributed by atoms with van der Waals surface area (Å²) < 4.78 is 51.0. The molecule has 1 aliphatic heterocycles. The second-order valence-electron chi connectivity index (χ2n) is 12.7. The van der Waals surface area contributed by atoms with E-state index < -0.39 is 86.9 Å². The third-order valence-electron chi connectivity index (χ3n) is 7.42. The van der Waals surface area contributed by atoms with Crippen LogP contribution in [0.5, 0.6) is 0 Å². The molecule has 19 heteroatoms. The quantitative estimate of drug-likeness (QED) is 0.0620. The number of ether oxygens (including phenoxy) is 5. The predicted molar refractivity (Wildman–Crippen MR) is 179 cm³/mol. The van der Waals surface area contributed by atoms with Crippen molar-refractivity contribution in [3.05, 3.63) is 105 Å². The Hall–Kier alpha value is -4.97. The normalized spacial score (nSPS) is 19.5. The lowest BCUT2D eigenvalue weighted by Crippen LogP contribution is -2.43. The van der Waals surface area contributed by atoms with Crippen molar-refractivity contribution < 1.29 is 65.9 Å². The van der Waals surface area contributed by atoms with Crippen LogP contribution in [0, 0.1) is 0 Å². The molecule has 2 heterocycles. The Balaban J connectivity index is 1.55. The molecule has 286 valence electrons. The molecule has 1 aliphatic rings. The topological polar surface area (TPSA) is 228 Å². The van der Waals surface area contributed by atoms with Gasteiger partial charge in [-0.1, -0.05) is 60.7 Å². The Morgan fingerprint density at radius 2 is 1.32 bits per heavy atom. The Morgan fingerprint density at radius 3 is 1.83 bits per heavy atom. The first-order chi connectivity index (χ1) is 25.1. The maximum Gasteiger partial charge on any atom is 0.330 e. The maximum absolute atomic E-state index is 13.1. The molecule has 0 aliphatic carbocycles. The number of aromatic amines is 1. The molecule has 0 saturated carbocycles. The summed E-state index contributed by atoms with van der Waals surface area (Å²) in [5, 5.41) is 0. The molecule has 4 rings (SSSR count). The first-order valence-electron chi connectivity index (χ1n) is 16.2. The number of quaternary nitrogens is 1. The molecular weight excluding hydrogens is 721 g/mol. The summed E-state index contributed by atoms with van der Waals surface area (Å²) in [6, 6.07) is 18.2. The van der Waals surface area contributed by atoms with Crippen molar-refractivity contribution in [3.8, 4) is 0 Å². The highest BCUT2D eigenvalue weighted by molar-refractivity contribution is 7.45. The minimum absolute atomic E-state index is 0.152. The van der Waals surface area contributed by atoms with Crippen LogP contribution < -0.4 is 16.1 Å². The van der Waals surface area contributed by atoms with Gasteiger partial charge in [-0.2, -0.15) is 0 Å². The van der Waals surface area contributed by atoms with Gasteiger partial charge in [-0.15, -0.1) is 0 Å². The highest BCUT2D eigenvalue weighted by Crippen LogP contribution is 2.41. The fourth-order valence-electron chi connectivity index (χ4n) is 4.79. The van der Waals surface area contributed by atoms with E-state index in [1.54, 1.807) is 60.7 Å². The number of esters is 4. The monoisotopic (exact) mass is 761 g/mol. The fraction of sp³-hybridized carbons (Fsp3) is 0.412. The summed E-state index contributed by atoms with van der Waals surface area (Å²) in [5.74, 6) is -4.38. The molecule has 1 saturated heterocycles. The number of benzene rings is 2. The smallest absolute Gasteiger partial charge is 0.330 e. The number of aromatic nitrogens is 2. The SMILES string of the molecule is C[N+](C)(C)CCOP(=O)([O-])OCC1OC(n2ccc(=O)[nH]c2=O)C(OC(=O)CC(=O)OCc2ccccc2)C1OC(=O)CC(=O)OCc1ccccc1. The van der Waals surface area contributed by atoms with Crippen molar-refractivity contribution in [1.82, 2.24) is 9.55 Å². The number of hydrogen-bond donors (Lipinski definition) is 1. The summed E-state index contributed by atoms with van der Waals surface area (Å²) in [7, 11) is 0.435. The Bertz CT molecular complexity index is 1880. The van der Waals surface area contributed by atoms with Crippen LogP contribution in [-0.2, 0) is 69.7 Å². The molecule has 53 heavy (non-hydrogen) atoms. The van der Waals surface area contributed by atoms with E-state index in [2.05, 4.69) is 0 Å². The van der Waals surface area contributed by atoms with Gasteiger partial charge in [0, 0.05) is 12.3 Å². The summed E-state index contributed by atoms with van der Waals surface area (Å²) in [6.45, 7) is -1.14. The Kier molecular flexibility index (Phi) is 14.4. The van der Waals surface area contributed by atoms with E-state index in [9.17, 15) is 38.2 Å². The number of rotatable bonds is 18. The maximum atomic E-state index is 13.1. The van der Waals surface area contributed by atoms with Gasteiger partial charge in [0.1, 0.15) is 45.3 Å². The minimum Gasteiger partial charge on any atom is -0.756 e. The zero-order valence-electron chi connectivity index (χ0n) is 29.2. The van der Waals surface area contributed by atoms with Gasteiger partial charge in [0.05, 0.1) is 27.7 Å². The van der Waals surface area contributed by atoms with E-state index in [0.717, 1.165) is 16.8 Å². The molecule has 1 N–H and O–H groups in total. The van der Waals surface area contributed by atoms with Crippen LogP contribution in [-0.4, -0.2) is 97.1 Å². The van der Waals surface area contributed by atoms with Crippen molar-refractivity contribution in [3.63, 3.8) is 0 Å². The van der Waals surface area contributed by atoms with E-state index in [4.69, 9.17) is 32.7 Å². The van der Waals surface area contributed by atoms with Gasteiger partial charge in [0.2, 0.25) is 0 Å². The van der Waals surface area contributed by atoms with E-state index in [1.807, 2.05) is 26.1 Å². The first-order valence-corrected chi connectivity index (χ1v) is 17.7. The molecule has 1 fully saturated rings. The van der Waals surface area contributed by atoms with Crippen LogP contribution in [0.25, 0.3) is 0 Å². The van der Waals surface area contributed by atoms with Crippen LogP contribution >= 0.6 is 7.82 Å². The summed E-state index contributed by atoms with van der Waals surface area (Å²) >= 11 is 0. The number of hydrogen-bond acceptors (Lipinski definition) is 15. The molecule has 0 amide bonds. The number of likely N-dealkylation sites (N-methyl/N-ethyl adjacent to an activating group) is 1. The molecular formula is C34H40N3O15P. The van der Waals surface area contributed by atoms with Crippen molar-refractivity contribution in [2.45, 2.75) is 50.6 Å². The second-order valence-corrected chi connectivity index (χ2v) is 14.1. The van der Waals surface area contributed by atoms with Crippen molar-refractivity contribution in [1.29, 1.82) is 0 Å². The van der Waals surface area contributed by atoms with Gasteiger partial charge >= 0.3 is 29.6 Å². The molecule has 0 spiro atoms. The van der Waals surface area contributed by atoms with Crippen LogP contribution in [0.3, 0.4) is 0 Å². The van der Waals surface area contributed by atoms with Crippen molar-refractivity contribution in [2.24, 2.45) is 0 Å². The molecule has 5 atom stereocenters. The Labute approximate surface area is 303 Å². The number of nitrogens with zero attached hydrogens (tertiary/aromatic N) is 2. The first kappa shape index (κ1) is 40.8. The lowest BCUT2D eigenvalue weighted by molar-refractivity contribution is -0.870. The van der Waals surface area contributed by atoms with Crippen molar-refractivity contribution >= 4 is 31.7 Å². The predicted octanol–water partition coefficient (Wildman–Crippen LogP) is 0.732. The van der Waals surface area contributed by atoms with E-state index in [1.165, 1.54) is 0 Å².